The second kappa shape index (κ2) is 10.8. The number of benzene rings is 2. The fourth-order valence-corrected chi connectivity index (χ4v) is 4.26. The zero-order valence-electron chi connectivity index (χ0n) is 18.5. The number of nitrogens with zero attached hydrogens (tertiary/aromatic N) is 1. The normalized spacial score (nSPS) is 13.1. The molecule has 2 aromatic rings. The smallest absolute Gasteiger partial charge is 0.407 e. The van der Waals surface area contributed by atoms with Crippen LogP contribution in [0.25, 0.3) is 11.1 Å². The molecule has 32 heavy (non-hydrogen) atoms. The van der Waals surface area contributed by atoms with Gasteiger partial charge in [0, 0.05) is 24.9 Å². The van der Waals surface area contributed by atoms with Gasteiger partial charge in [0.25, 0.3) is 0 Å². The molecular formula is C25H30N2O5. The van der Waals surface area contributed by atoms with Crippen LogP contribution in [0.15, 0.2) is 48.5 Å². The molecule has 1 unspecified atom stereocenters. The Morgan fingerprint density at radius 1 is 1.03 bits per heavy atom. The van der Waals surface area contributed by atoms with Gasteiger partial charge in [-0.05, 0) is 35.6 Å². The summed E-state index contributed by atoms with van der Waals surface area (Å²) >= 11 is 0. The van der Waals surface area contributed by atoms with Gasteiger partial charge >= 0.3 is 12.1 Å². The number of carboxylic acid groups (broad SMARTS) is 1. The van der Waals surface area contributed by atoms with Crippen LogP contribution in [0, 0.1) is 0 Å². The number of aliphatic carboxylic acids is 1. The largest absolute Gasteiger partial charge is 0.480 e. The van der Waals surface area contributed by atoms with Gasteiger partial charge in [-0.1, -0.05) is 61.9 Å². The number of nitrogens with one attached hydrogen (secondary N) is 1. The summed E-state index contributed by atoms with van der Waals surface area (Å²) in [5.74, 6) is -1.39. The van der Waals surface area contributed by atoms with E-state index in [0.717, 1.165) is 28.7 Å². The Labute approximate surface area is 188 Å². The van der Waals surface area contributed by atoms with Crippen molar-refractivity contribution in [1.82, 2.24) is 10.2 Å². The molecule has 0 radical (unpaired) electrons. The van der Waals surface area contributed by atoms with Crippen LogP contribution in [-0.2, 0) is 14.3 Å². The van der Waals surface area contributed by atoms with Gasteiger partial charge < -0.3 is 20.1 Å². The van der Waals surface area contributed by atoms with Crippen molar-refractivity contribution in [2.45, 2.75) is 45.1 Å². The first-order valence-electron chi connectivity index (χ1n) is 11.1. The number of amides is 2. The zero-order chi connectivity index (χ0) is 23.1. The Bertz CT molecular complexity index is 929. The lowest BCUT2D eigenvalue weighted by Gasteiger charge is -2.23. The summed E-state index contributed by atoms with van der Waals surface area (Å²) < 4.78 is 5.58. The highest BCUT2D eigenvalue weighted by Crippen LogP contribution is 2.44. The third-order valence-corrected chi connectivity index (χ3v) is 5.78. The molecule has 0 bridgehead atoms. The molecule has 1 atom stereocenters. The van der Waals surface area contributed by atoms with Gasteiger partial charge in [-0.25, -0.2) is 4.79 Å². The van der Waals surface area contributed by atoms with Crippen molar-refractivity contribution in [3.05, 3.63) is 59.7 Å². The molecule has 0 spiro atoms. The van der Waals surface area contributed by atoms with Crippen LogP contribution in [0.4, 0.5) is 4.79 Å². The third kappa shape index (κ3) is 5.46. The van der Waals surface area contributed by atoms with Crippen LogP contribution in [-0.4, -0.2) is 53.7 Å². The van der Waals surface area contributed by atoms with E-state index in [1.807, 2.05) is 31.2 Å². The molecule has 1 aliphatic carbocycles. The molecule has 1 aliphatic rings. The number of likely N-dealkylation sites (N-methyl/N-ethyl adjacent to an activating group) is 1. The number of alkyl carbamates (subject to hydrolysis) is 1. The zero-order valence-corrected chi connectivity index (χ0v) is 18.5. The van der Waals surface area contributed by atoms with Crippen LogP contribution in [0.5, 0.6) is 0 Å². The number of carbonyl (C=O) groups is 3. The van der Waals surface area contributed by atoms with Crippen molar-refractivity contribution in [3.8, 4) is 11.1 Å². The number of carbonyl (C=O) groups excluding carboxylic acids is 2. The summed E-state index contributed by atoms with van der Waals surface area (Å²) in [6.45, 7) is 3.85. The number of rotatable bonds is 10. The van der Waals surface area contributed by atoms with Crippen LogP contribution in [0.2, 0.25) is 0 Å². The average molecular weight is 439 g/mol. The minimum Gasteiger partial charge on any atom is -0.480 e. The van der Waals surface area contributed by atoms with Crippen molar-refractivity contribution < 1.29 is 24.2 Å². The number of fused-ring (bicyclic) bond motifs is 3. The predicted molar refractivity (Wildman–Crippen MR) is 121 cm³/mol. The topological polar surface area (TPSA) is 95.9 Å². The maximum Gasteiger partial charge on any atom is 0.407 e. The summed E-state index contributed by atoms with van der Waals surface area (Å²) in [5, 5.41) is 11.8. The number of hydrogen-bond donors (Lipinski definition) is 2. The summed E-state index contributed by atoms with van der Waals surface area (Å²) in [7, 11) is 0. The Balaban J connectivity index is 1.61. The van der Waals surface area contributed by atoms with Gasteiger partial charge in [0.2, 0.25) is 5.91 Å². The van der Waals surface area contributed by atoms with E-state index in [9.17, 15) is 14.4 Å². The molecule has 0 saturated heterocycles. The second-order valence-corrected chi connectivity index (χ2v) is 7.96. The van der Waals surface area contributed by atoms with Crippen molar-refractivity contribution >= 4 is 18.0 Å². The van der Waals surface area contributed by atoms with Crippen LogP contribution < -0.4 is 5.32 Å². The summed E-state index contributed by atoms with van der Waals surface area (Å²) in [4.78, 5) is 37.3. The fraction of sp³-hybridized carbons (Fsp3) is 0.400. The van der Waals surface area contributed by atoms with E-state index in [4.69, 9.17) is 9.84 Å². The third-order valence-electron chi connectivity index (χ3n) is 5.78. The highest BCUT2D eigenvalue weighted by atomic mass is 16.5. The molecule has 7 heteroatoms. The molecule has 2 aromatic carbocycles. The highest BCUT2D eigenvalue weighted by Gasteiger charge is 2.29. The van der Waals surface area contributed by atoms with E-state index < -0.39 is 18.1 Å². The first-order valence-corrected chi connectivity index (χ1v) is 11.1. The molecule has 0 aliphatic heterocycles. The van der Waals surface area contributed by atoms with Gasteiger partial charge in [-0.15, -0.1) is 0 Å². The highest BCUT2D eigenvalue weighted by molar-refractivity contribution is 5.82. The lowest BCUT2D eigenvalue weighted by atomic mass is 9.98. The Hall–Kier alpha value is -3.35. The first kappa shape index (κ1) is 23.3. The van der Waals surface area contributed by atoms with E-state index in [1.54, 1.807) is 6.92 Å². The molecule has 2 amide bonds. The molecule has 0 heterocycles. The summed E-state index contributed by atoms with van der Waals surface area (Å²) in [5.41, 5.74) is 4.58. The number of ether oxygens (including phenoxy) is 1. The Morgan fingerprint density at radius 2 is 1.62 bits per heavy atom. The van der Waals surface area contributed by atoms with Gasteiger partial charge in [0.05, 0.1) is 0 Å². The van der Waals surface area contributed by atoms with Gasteiger partial charge in [0.1, 0.15) is 13.2 Å². The monoisotopic (exact) mass is 438 g/mol. The molecule has 7 nitrogen and oxygen atoms in total. The first-order chi connectivity index (χ1) is 15.4. The maximum atomic E-state index is 12.6. The van der Waals surface area contributed by atoms with Gasteiger partial charge in [-0.2, -0.15) is 0 Å². The minimum absolute atomic E-state index is 0.0365. The summed E-state index contributed by atoms with van der Waals surface area (Å²) in [6, 6.07) is 15.8. The van der Waals surface area contributed by atoms with Crippen molar-refractivity contribution in [3.63, 3.8) is 0 Å². The fourth-order valence-electron chi connectivity index (χ4n) is 4.26. The van der Waals surface area contributed by atoms with Gasteiger partial charge in [0.15, 0.2) is 0 Å². The minimum atomic E-state index is -1.06. The standard InChI is InChI=1S/C25H30N2O5/c1-3-9-17(14-23(28)27(4-2)15-24(29)30)26-25(31)32-16-22-20-12-7-5-10-18(20)19-11-6-8-13-21(19)22/h5-8,10-13,17,22H,3-4,9,14-16H2,1-2H3,(H,26,31)(H,29,30). The van der Waals surface area contributed by atoms with Crippen molar-refractivity contribution in [2.24, 2.45) is 0 Å². The molecule has 0 saturated carbocycles. The Morgan fingerprint density at radius 3 is 2.16 bits per heavy atom. The molecule has 0 aromatic heterocycles. The van der Waals surface area contributed by atoms with Crippen molar-refractivity contribution in [2.75, 3.05) is 19.7 Å². The van der Waals surface area contributed by atoms with E-state index in [-0.39, 0.29) is 31.4 Å². The average Bonchev–Trinajstić information content (AvgIpc) is 3.09. The van der Waals surface area contributed by atoms with E-state index in [1.165, 1.54) is 4.90 Å². The summed E-state index contributed by atoms with van der Waals surface area (Å²) in [6.07, 6.45) is 0.839. The van der Waals surface area contributed by atoms with Crippen molar-refractivity contribution in [1.29, 1.82) is 0 Å². The van der Waals surface area contributed by atoms with Gasteiger partial charge in [-0.3, -0.25) is 9.59 Å². The lowest BCUT2D eigenvalue weighted by molar-refractivity contribution is -0.144. The van der Waals surface area contributed by atoms with E-state index in [0.29, 0.717) is 13.0 Å². The van der Waals surface area contributed by atoms with Crippen LogP contribution in [0.3, 0.4) is 0 Å². The van der Waals surface area contributed by atoms with Crippen LogP contribution >= 0.6 is 0 Å². The molecular weight excluding hydrogens is 408 g/mol. The van der Waals surface area contributed by atoms with E-state index >= 15 is 0 Å². The second-order valence-electron chi connectivity index (χ2n) is 7.96. The quantitative estimate of drug-likeness (QED) is 0.584. The molecule has 170 valence electrons. The number of hydrogen-bond acceptors (Lipinski definition) is 4. The lowest BCUT2D eigenvalue weighted by Crippen LogP contribution is -2.42. The van der Waals surface area contributed by atoms with Crippen LogP contribution in [0.1, 0.15) is 50.2 Å². The molecule has 0 fully saturated rings. The van der Waals surface area contributed by atoms with E-state index in [2.05, 4.69) is 29.6 Å². The maximum absolute atomic E-state index is 12.6. The predicted octanol–water partition coefficient (Wildman–Crippen LogP) is 4.02. The Kier molecular flexibility index (Phi) is 7.87. The number of carboxylic acids is 1. The SMILES string of the molecule is CCCC(CC(=O)N(CC)CC(=O)O)NC(=O)OCC1c2ccccc2-c2ccccc21. The molecule has 2 N–H and O–H groups in total. The molecule has 3 rings (SSSR count).